The Morgan fingerprint density at radius 3 is 1.87 bits per heavy atom. The molecular formula is C19H28F4N2O5. The van der Waals surface area contributed by atoms with E-state index in [0.717, 1.165) is 4.90 Å². The lowest BCUT2D eigenvalue weighted by Gasteiger charge is -2.47. The number of nitrogens with zero attached hydrogens (tertiary/aromatic N) is 2. The van der Waals surface area contributed by atoms with Crippen LogP contribution in [0, 0.1) is 5.92 Å². The summed E-state index contributed by atoms with van der Waals surface area (Å²) in [5, 5.41) is 9.13. The summed E-state index contributed by atoms with van der Waals surface area (Å²) in [5.74, 6) is -9.36. The normalized spacial score (nSPS) is 25.4. The highest BCUT2D eigenvalue weighted by atomic mass is 19.4. The maximum absolute atomic E-state index is 16.4. The molecule has 1 N–H and O–H groups in total. The van der Waals surface area contributed by atoms with Crippen LogP contribution in [0.5, 0.6) is 0 Å². The van der Waals surface area contributed by atoms with E-state index < -0.39 is 47.5 Å². The quantitative estimate of drug-likeness (QED) is 0.402. The van der Waals surface area contributed by atoms with E-state index in [4.69, 9.17) is 9.84 Å². The predicted octanol–water partition coefficient (Wildman–Crippen LogP) is 3.08. The minimum absolute atomic E-state index is 0.0121. The molecule has 1 unspecified atom stereocenters. The van der Waals surface area contributed by atoms with Gasteiger partial charge in [0.05, 0.1) is 5.92 Å². The van der Waals surface area contributed by atoms with Crippen LogP contribution >= 0.6 is 0 Å². The zero-order chi connectivity index (χ0) is 22.9. The maximum Gasteiger partial charge on any atom is 0.471 e. The summed E-state index contributed by atoms with van der Waals surface area (Å²) in [6.07, 6.45) is -4.88. The largest absolute Gasteiger partial charge is 0.481 e. The van der Waals surface area contributed by atoms with Crippen LogP contribution in [0.2, 0.25) is 0 Å². The Kier molecular flexibility index (Phi) is 7.05. The third-order valence-corrected chi connectivity index (χ3v) is 5.38. The summed E-state index contributed by atoms with van der Waals surface area (Å²) in [7, 11) is 0. The van der Waals surface area contributed by atoms with E-state index in [-0.39, 0.29) is 43.7 Å². The highest BCUT2D eigenvalue weighted by Gasteiger charge is 2.62. The molecule has 1 atom stereocenters. The molecule has 0 bridgehead atoms. The number of esters is 1. The number of hydrogen-bond donors (Lipinski definition) is 1. The molecule has 1 aliphatic heterocycles. The van der Waals surface area contributed by atoms with Crippen molar-refractivity contribution in [3.63, 3.8) is 0 Å². The molecule has 2 aliphatic rings. The number of likely N-dealkylation sites (tertiary alicyclic amines) is 1. The third-order valence-electron chi connectivity index (χ3n) is 5.38. The number of carbonyl (C=O) groups is 3. The van der Waals surface area contributed by atoms with Gasteiger partial charge in [-0.25, -0.2) is 9.69 Å². The Bertz CT molecular complexity index is 665. The van der Waals surface area contributed by atoms with Gasteiger partial charge in [-0.05, 0) is 59.3 Å². The molecule has 2 rings (SSSR count). The summed E-state index contributed by atoms with van der Waals surface area (Å²) >= 11 is 0. The van der Waals surface area contributed by atoms with Gasteiger partial charge in [-0.15, -0.1) is 0 Å². The average molecular weight is 440 g/mol. The third kappa shape index (κ3) is 5.22. The zero-order valence-corrected chi connectivity index (χ0v) is 17.3. The van der Waals surface area contributed by atoms with E-state index in [2.05, 4.69) is 0 Å². The van der Waals surface area contributed by atoms with Crippen LogP contribution in [0.4, 0.5) is 17.6 Å². The van der Waals surface area contributed by atoms with Crippen molar-refractivity contribution in [2.24, 2.45) is 5.92 Å². The molecule has 0 aromatic carbocycles. The van der Waals surface area contributed by atoms with Crippen LogP contribution < -0.4 is 0 Å². The number of carboxylic acids is 1. The van der Waals surface area contributed by atoms with E-state index in [1.807, 2.05) is 0 Å². The smallest absolute Gasteiger partial charge is 0.471 e. The molecule has 1 saturated heterocycles. The van der Waals surface area contributed by atoms with Crippen LogP contribution in [0.1, 0.15) is 59.3 Å². The molecule has 1 heterocycles. The highest BCUT2D eigenvalue weighted by molar-refractivity contribution is 5.89. The van der Waals surface area contributed by atoms with Gasteiger partial charge < -0.3 is 9.84 Å². The van der Waals surface area contributed by atoms with Gasteiger partial charge >= 0.3 is 29.9 Å². The fraction of sp³-hybridized carbons (Fsp3) is 0.842. The minimum Gasteiger partial charge on any atom is -0.481 e. The van der Waals surface area contributed by atoms with Gasteiger partial charge in [-0.3, -0.25) is 14.5 Å². The van der Waals surface area contributed by atoms with Gasteiger partial charge in [0.25, 0.3) is 0 Å². The lowest BCUT2D eigenvalue weighted by Crippen LogP contribution is -2.69. The van der Waals surface area contributed by atoms with Crippen LogP contribution in [-0.2, 0) is 19.1 Å². The number of rotatable bonds is 5. The van der Waals surface area contributed by atoms with Gasteiger partial charge in [-0.1, -0.05) is 0 Å². The molecule has 172 valence electrons. The second-order valence-corrected chi connectivity index (χ2v) is 8.80. The van der Waals surface area contributed by atoms with E-state index in [9.17, 15) is 27.6 Å². The number of carbonyl (C=O) groups excluding carboxylic acids is 2. The van der Waals surface area contributed by atoms with E-state index >= 15 is 4.39 Å². The number of ether oxygens (including phenoxy) is 1. The fourth-order valence-electron chi connectivity index (χ4n) is 4.00. The SMILES string of the molecule is CC(C)(C)OC(=O)C(F)(N1CCCC1)N(C(=O)C(F)(F)F)C1CCC(C(=O)O)CC1. The summed E-state index contributed by atoms with van der Waals surface area (Å²) in [5.41, 5.74) is -1.19. The van der Waals surface area contributed by atoms with Gasteiger partial charge in [0, 0.05) is 19.1 Å². The number of hydrogen-bond acceptors (Lipinski definition) is 5. The van der Waals surface area contributed by atoms with Crippen molar-refractivity contribution in [1.82, 2.24) is 9.80 Å². The first-order chi connectivity index (χ1) is 13.7. The molecule has 0 aromatic rings. The van der Waals surface area contributed by atoms with Crippen molar-refractivity contribution in [2.75, 3.05) is 13.1 Å². The van der Waals surface area contributed by atoms with Crippen molar-refractivity contribution in [1.29, 1.82) is 0 Å². The van der Waals surface area contributed by atoms with Gasteiger partial charge in [0.1, 0.15) is 5.60 Å². The number of carboxylic acid groups (broad SMARTS) is 1. The Labute approximate surface area is 172 Å². The Balaban J connectivity index is 2.48. The summed E-state index contributed by atoms with van der Waals surface area (Å²) in [6.45, 7) is 4.32. The molecule has 1 saturated carbocycles. The van der Waals surface area contributed by atoms with Crippen LogP contribution in [-0.4, -0.2) is 69.6 Å². The van der Waals surface area contributed by atoms with Crippen molar-refractivity contribution in [3.05, 3.63) is 0 Å². The monoisotopic (exact) mass is 440 g/mol. The lowest BCUT2D eigenvalue weighted by atomic mass is 9.85. The molecule has 0 radical (unpaired) electrons. The zero-order valence-electron chi connectivity index (χ0n) is 17.3. The van der Waals surface area contributed by atoms with Crippen LogP contribution in [0.25, 0.3) is 0 Å². The second-order valence-electron chi connectivity index (χ2n) is 8.80. The molecular weight excluding hydrogens is 412 g/mol. The summed E-state index contributed by atoms with van der Waals surface area (Å²) < 4.78 is 61.9. The minimum atomic E-state index is -5.41. The Morgan fingerprint density at radius 2 is 1.47 bits per heavy atom. The highest BCUT2D eigenvalue weighted by Crippen LogP contribution is 2.39. The van der Waals surface area contributed by atoms with Crippen molar-refractivity contribution in [2.45, 2.75) is 83.0 Å². The van der Waals surface area contributed by atoms with E-state index in [1.54, 1.807) is 0 Å². The molecule has 0 spiro atoms. The summed E-state index contributed by atoms with van der Waals surface area (Å²) in [6, 6.07) is -1.28. The molecule has 1 amide bonds. The standard InChI is InChI=1S/C19H28F4N2O5/c1-17(2,3)30-16(29)19(23,24-10-4-5-11-24)25(15(28)18(20,21)22)13-8-6-12(7-9-13)14(26)27/h12-13H,4-11H2,1-3H3,(H,26,27). The topological polar surface area (TPSA) is 87.2 Å². The van der Waals surface area contributed by atoms with Gasteiger partial charge in [0.2, 0.25) is 0 Å². The first-order valence-electron chi connectivity index (χ1n) is 9.98. The first-order valence-corrected chi connectivity index (χ1v) is 9.98. The van der Waals surface area contributed by atoms with E-state index in [1.165, 1.54) is 20.8 Å². The predicted molar refractivity (Wildman–Crippen MR) is 96.8 cm³/mol. The summed E-state index contributed by atoms with van der Waals surface area (Å²) in [4.78, 5) is 37.3. The molecule has 2 fully saturated rings. The number of amides is 1. The molecule has 11 heteroatoms. The Hall–Kier alpha value is -1.91. The Morgan fingerprint density at radius 1 is 0.967 bits per heavy atom. The van der Waals surface area contributed by atoms with E-state index in [0.29, 0.717) is 12.8 Å². The molecule has 0 aromatic heterocycles. The molecule has 7 nitrogen and oxygen atoms in total. The number of aliphatic carboxylic acids is 1. The first kappa shape index (κ1) is 24.4. The van der Waals surface area contributed by atoms with Crippen LogP contribution in [0.3, 0.4) is 0 Å². The average Bonchev–Trinajstić information content (AvgIpc) is 3.15. The fourth-order valence-corrected chi connectivity index (χ4v) is 4.00. The number of alkyl halides is 4. The second kappa shape index (κ2) is 8.68. The van der Waals surface area contributed by atoms with Crippen molar-refractivity contribution < 1.29 is 41.8 Å². The van der Waals surface area contributed by atoms with Crippen molar-refractivity contribution in [3.8, 4) is 0 Å². The molecule has 1 aliphatic carbocycles. The maximum atomic E-state index is 16.4. The number of halogens is 4. The van der Waals surface area contributed by atoms with Crippen LogP contribution in [0.15, 0.2) is 0 Å². The van der Waals surface area contributed by atoms with Gasteiger partial charge in [0.15, 0.2) is 0 Å². The lowest BCUT2D eigenvalue weighted by molar-refractivity contribution is -0.239. The molecule has 30 heavy (non-hydrogen) atoms. The van der Waals surface area contributed by atoms with Crippen molar-refractivity contribution >= 4 is 17.8 Å². The van der Waals surface area contributed by atoms with Gasteiger partial charge in [-0.2, -0.15) is 17.6 Å².